The number of hydrogen-bond donors (Lipinski definition) is 1. The highest BCUT2D eigenvalue weighted by molar-refractivity contribution is 5.51. The van der Waals surface area contributed by atoms with Crippen LogP contribution in [0.25, 0.3) is 11.5 Å². The molecule has 2 aromatic rings. The lowest BCUT2D eigenvalue weighted by molar-refractivity contribution is 0.139. The van der Waals surface area contributed by atoms with Crippen LogP contribution in [-0.2, 0) is 5.41 Å². The third-order valence-electron chi connectivity index (χ3n) is 5.44. The third kappa shape index (κ3) is 2.61. The Bertz CT molecular complexity index is 678. The summed E-state index contributed by atoms with van der Waals surface area (Å²) in [5, 5.41) is 7.74. The molecule has 0 radical (unpaired) electrons. The quantitative estimate of drug-likeness (QED) is 0.925. The molecule has 124 valence electrons. The van der Waals surface area contributed by atoms with E-state index < -0.39 is 0 Å². The fourth-order valence-corrected chi connectivity index (χ4v) is 4.19. The summed E-state index contributed by atoms with van der Waals surface area (Å²) in [4.78, 5) is 7.30. The number of nitrogens with zero attached hydrogens (tertiary/aromatic N) is 4. The fraction of sp³-hybridized carbons (Fsp3) is 0.667. The van der Waals surface area contributed by atoms with Crippen molar-refractivity contribution in [3.8, 4) is 11.5 Å². The van der Waals surface area contributed by atoms with Crippen LogP contribution >= 0.6 is 0 Å². The van der Waals surface area contributed by atoms with Crippen molar-refractivity contribution in [1.82, 2.24) is 24.6 Å². The van der Waals surface area contributed by atoms with Gasteiger partial charge >= 0.3 is 0 Å². The zero-order valence-corrected chi connectivity index (χ0v) is 14.4. The Morgan fingerprint density at radius 1 is 1.13 bits per heavy atom. The molecule has 2 saturated heterocycles. The summed E-state index contributed by atoms with van der Waals surface area (Å²) in [6.07, 6.45) is 9.26. The molecule has 4 heterocycles. The summed E-state index contributed by atoms with van der Waals surface area (Å²) < 4.78 is 2.38. The SMILES string of the molecule is CC(C)(C)c1cc(-c2nccn2[C@@H]2CCCN3CCC[C@H]23)n[nH]1. The molecule has 0 saturated carbocycles. The normalized spacial score (nSPS) is 25.7. The van der Waals surface area contributed by atoms with Gasteiger partial charge in [0, 0.05) is 29.5 Å². The van der Waals surface area contributed by atoms with Gasteiger partial charge in [-0.15, -0.1) is 0 Å². The molecule has 0 unspecified atom stereocenters. The molecule has 2 aliphatic heterocycles. The molecule has 4 rings (SSSR count). The van der Waals surface area contributed by atoms with Gasteiger partial charge in [-0.25, -0.2) is 4.98 Å². The first-order chi connectivity index (χ1) is 11.0. The highest BCUT2D eigenvalue weighted by atomic mass is 15.2. The Hall–Kier alpha value is -1.62. The Balaban J connectivity index is 1.67. The van der Waals surface area contributed by atoms with E-state index in [9.17, 15) is 0 Å². The van der Waals surface area contributed by atoms with Gasteiger partial charge < -0.3 is 4.57 Å². The van der Waals surface area contributed by atoms with Gasteiger partial charge in [0.25, 0.3) is 0 Å². The van der Waals surface area contributed by atoms with Crippen LogP contribution in [-0.4, -0.2) is 43.8 Å². The molecule has 0 aromatic carbocycles. The Kier molecular flexibility index (Phi) is 3.56. The fourth-order valence-electron chi connectivity index (χ4n) is 4.19. The minimum atomic E-state index is 0.0791. The van der Waals surface area contributed by atoms with E-state index in [1.807, 2.05) is 6.20 Å². The zero-order valence-electron chi connectivity index (χ0n) is 14.4. The number of fused-ring (bicyclic) bond motifs is 1. The average molecular weight is 313 g/mol. The van der Waals surface area contributed by atoms with Crippen molar-refractivity contribution in [2.45, 2.75) is 64.0 Å². The predicted molar refractivity (Wildman–Crippen MR) is 91.4 cm³/mol. The van der Waals surface area contributed by atoms with Gasteiger partial charge in [0.1, 0.15) is 5.69 Å². The maximum absolute atomic E-state index is 4.63. The van der Waals surface area contributed by atoms with Crippen LogP contribution in [0.3, 0.4) is 0 Å². The first kappa shape index (κ1) is 14.9. The van der Waals surface area contributed by atoms with E-state index >= 15 is 0 Å². The third-order valence-corrected chi connectivity index (χ3v) is 5.44. The van der Waals surface area contributed by atoms with E-state index in [0.29, 0.717) is 12.1 Å². The van der Waals surface area contributed by atoms with Gasteiger partial charge in [-0.2, -0.15) is 5.10 Å². The first-order valence-electron chi connectivity index (χ1n) is 8.87. The standard InChI is InChI=1S/C18H27N5/c1-18(2,3)16-12-13(20-21-16)17-19-8-11-23(17)15-7-5-10-22-9-4-6-14(15)22/h8,11-12,14-15H,4-7,9-10H2,1-3H3,(H,20,21)/t14-,15-/m1/s1. The van der Waals surface area contributed by atoms with Gasteiger partial charge in [0.05, 0.1) is 6.04 Å². The largest absolute Gasteiger partial charge is 0.325 e. The van der Waals surface area contributed by atoms with Gasteiger partial charge in [-0.3, -0.25) is 10.00 Å². The van der Waals surface area contributed by atoms with Crippen LogP contribution in [0.2, 0.25) is 0 Å². The second kappa shape index (κ2) is 5.48. The molecule has 0 spiro atoms. The van der Waals surface area contributed by atoms with Crippen molar-refractivity contribution in [1.29, 1.82) is 0 Å². The number of rotatable bonds is 2. The van der Waals surface area contributed by atoms with Crippen LogP contribution in [0.15, 0.2) is 18.5 Å². The van der Waals surface area contributed by atoms with Gasteiger partial charge in [0.15, 0.2) is 5.82 Å². The molecule has 2 aromatic heterocycles. The molecule has 2 atom stereocenters. The molecule has 5 nitrogen and oxygen atoms in total. The molecule has 0 amide bonds. The summed E-state index contributed by atoms with van der Waals surface area (Å²) >= 11 is 0. The Morgan fingerprint density at radius 2 is 1.87 bits per heavy atom. The van der Waals surface area contributed by atoms with E-state index in [2.05, 4.69) is 57.7 Å². The van der Waals surface area contributed by atoms with Crippen molar-refractivity contribution < 1.29 is 0 Å². The van der Waals surface area contributed by atoms with Gasteiger partial charge in [0.2, 0.25) is 0 Å². The lowest BCUT2D eigenvalue weighted by atomic mass is 9.92. The minimum Gasteiger partial charge on any atom is -0.325 e. The van der Waals surface area contributed by atoms with Crippen LogP contribution in [0, 0.1) is 0 Å². The van der Waals surface area contributed by atoms with E-state index in [1.165, 1.54) is 38.8 Å². The molecule has 0 bridgehead atoms. The van der Waals surface area contributed by atoms with Crippen molar-refractivity contribution >= 4 is 0 Å². The molecule has 2 fully saturated rings. The number of piperidine rings is 1. The first-order valence-corrected chi connectivity index (χ1v) is 8.87. The second-order valence-corrected chi connectivity index (χ2v) is 8.03. The summed E-state index contributed by atoms with van der Waals surface area (Å²) in [5.41, 5.74) is 2.21. The number of nitrogens with one attached hydrogen (secondary N) is 1. The highest BCUT2D eigenvalue weighted by Crippen LogP contribution is 2.37. The number of aromatic amines is 1. The number of imidazole rings is 1. The van der Waals surface area contributed by atoms with E-state index in [4.69, 9.17) is 0 Å². The van der Waals surface area contributed by atoms with Crippen molar-refractivity contribution in [2.75, 3.05) is 13.1 Å². The molecular weight excluding hydrogens is 286 g/mol. The van der Waals surface area contributed by atoms with Gasteiger partial charge in [-0.1, -0.05) is 20.8 Å². The smallest absolute Gasteiger partial charge is 0.160 e. The van der Waals surface area contributed by atoms with E-state index in [1.54, 1.807) is 0 Å². The van der Waals surface area contributed by atoms with Crippen LogP contribution < -0.4 is 0 Å². The molecule has 0 aliphatic carbocycles. The Labute approximate surface area is 138 Å². The maximum Gasteiger partial charge on any atom is 0.160 e. The molecule has 23 heavy (non-hydrogen) atoms. The number of aromatic nitrogens is 4. The topological polar surface area (TPSA) is 49.7 Å². The summed E-state index contributed by atoms with van der Waals surface area (Å²) in [6, 6.07) is 3.38. The van der Waals surface area contributed by atoms with E-state index in [-0.39, 0.29) is 5.41 Å². The van der Waals surface area contributed by atoms with E-state index in [0.717, 1.165) is 17.2 Å². The lowest BCUT2D eigenvalue weighted by Crippen LogP contribution is -2.41. The highest BCUT2D eigenvalue weighted by Gasteiger charge is 2.36. The van der Waals surface area contributed by atoms with Crippen LogP contribution in [0.4, 0.5) is 0 Å². The maximum atomic E-state index is 4.63. The molecule has 5 heteroatoms. The molecule has 1 N–H and O–H groups in total. The summed E-state index contributed by atoms with van der Waals surface area (Å²) in [7, 11) is 0. The minimum absolute atomic E-state index is 0.0791. The summed E-state index contributed by atoms with van der Waals surface area (Å²) in [6.45, 7) is 9.14. The molecular formula is C18H27N5. The van der Waals surface area contributed by atoms with Gasteiger partial charge in [-0.05, 0) is 44.8 Å². The monoisotopic (exact) mass is 313 g/mol. The number of H-pyrrole nitrogens is 1. The van der Waals surface area contributed by atoms with Crippen molar-refractivity contribution in [3.05, 3.63) is 24.2 Å². The van der Waals surface area contributed by atoms with Crippen molar-refractivity contribution in [2.24, 2.45) is 0 Å². The van der Waals surface area contributed by atoms with Crippen LogP contribution in [0.5, 0.6) is 0 Å². The van der Waals surface area contributed by atoms with Crippen molar-refractivity contribution in [3.63, 3.8) is 0 Å². The number of hydrogen-bond acceptors (Lipinski definition) is 3. The summed E-state index contributed by atoms with van der Waals surface area (Å²) in [5.74, 6) is 1.01. The molecule has 2 aliphatic rings. The Morgan fingerprint density at radius 3 is 2.57 bits per heavy atom. The average Bonchev–Trinajstić information content (AvgIpc) is 3.24. The second-order valence-electron chi connectivity index (χ2n) is 8.03. The predicted octanol–water partition coefficient (Wildman–Crippen LogP) is 3.37. The van der Waals surface area contributed by atoms with Crippen LogP contribution in [0.1, 0.15) is 58.2 Å². The zero-order chi connectivity index (χ0) is 16.0. The lowest BCUT2D eigenvalue weighted by Gasteiger charge is -2.37.